The number of hydrogen-bond acceptors (Lipinski definition) is 3. The van der Waals surface area contributed by atoms with Gasteiger partial charge in [-0.15, -0.1) is 0 Å². The lowest BCUT2D eigenvalue weighted by molar-refractivity contribution is -0.0484. The first-order valence-corrected chi connectivity index (χ1v) is 7.47. The Labute approximate surface area is 117 Å². The van der Waals surface area contributed by atoms with E-state index >= 15 is 0 Å². The van der Waals surface area contributed by atoms with Crippen LogP contribution >= 0.6 is 15.9 Å². The van der Waals surface area contributed by atoms with Gasteiger partial charge in [-0.25, -0.2) is 4.79 Å². The molecular formula is C13H22BrNO3. The van der Waals surface area contributed by atoms with E-state index in [4.69, 9.17) is 9.47 Å². The number of piperidine rings is 1. The van der Waals surface area contributed by atoms with Crippen molar-refractivity contribution in [2.24, 2.45) is 0 Å². The van der Waals surface area contributed by atoms with Crippen molar-refractivity contribution in [3.05, 3.63) is 0 Å². The summed E-state index contributed by atoms with van der Waals surface area (Å²) in [4.78, 5) is 14.2. The predicted octanol–water partition coefficient (Wildman–Crippen LogP) is 2.94. The average Bonchev–Trinajstić information content (AvgIpc) is 2.58. The van der Waals surface area contributed by atoms with E-state index in [1.807, 2.05) is 20.8 Å². The van der Waals surface area contributed by atoms with Crippen molar-refractivity contribution in [1.29, 1.82) is 0 Å². The van der Waals surface area contributed by atoms with Crippen LogP contribution in [-0.4, -0.2) is 46.7 Å². The maximum atomic E-state index is 11.9. The Balaban J connectivity index is 1.85. The normalized spacial score (nSPS) is 27.6. The number of hydrogen-bond donors (Lipinski definition) is 0. The Morgan fingerprint density at radius 1 is 1.39 bits per heavy atom. The summed E-state index contributed by atoms with van der Waals surface area (Å²) < 4.78 is 11.3. The third-order valence-electron chi connectivity index (χ3n) is 3.49. The van der Waals surface area contributed by atoms with Crippen molar-refractivity contribution in [1.82, 2.24) is 4.90 Å². The zero-order valence-corrected chi connectivity index (χ0v) is 13.0. The molecule has 5 heteroatoms. The Hall–Kier alpha value is -0.290. The van der Waals surface area contributed by atoms with Crippen LogP contribution < -0.4 is 0 Å². The van der Waals surface area contributed by atoms with E-state index in [9.17, 15) is 4.79 Å². The first-order valence-electron chi connectivity index (χ1n) is 6.56. The number of ether oxygens (including phenoxy) is 2. The molecule has 2 saturated heterocycles. The summed E-state index contributed by atoms with van der Waals surface area (Å²) in [5, 5.41) is 0. The summed E-state index contributed by atoms with van der Waals surface area (Å²) in [6.07, 6.45) is 2.67. The van der Waals surface area contributed by atoms with Gasteiger partial charge in [0.05, 0.1) is 12.2 Å². The molecule has 0 radical (unpaired) electrons. The smallest absolute Gasteiger partial charge is 0.410 e. The molecule has 2 heterocycles. The number of amides is 1. The lowest BCUT2D eigenvalue weighted by Crippen LogP contribution is -2.47. The fourth-order valence-corrected chi connectivity index (χ4v) is 3.28. The summed E-state index contributed by atoms with van der Waals surface area (Å²) in [5.74, 6) is 0. The minimum atomic E-state index is -0.420. The largest absolute Gasteiger partial charge is 0.444 e. The molecule has 0 N–H and O–H groups in total. The van der Waals surface area contributed by atoms with E-state index in [0.717, 1.165) is 39.0 Å². The molecule has 1 unspecified atom stereocenters. The molecule has 1 spiro atoms. The zero-order valence-electron chi connectivity index (χ0n) is 11.4. The maximum absolute atomic E-state index is 11.9. The molecule has 2 rings (SSSR count). The van der Waals surface area contributed by atoms with Crippen LogP contribution in [0.2, 0.25) is 0 Å². The van der Waals surface area contributed by atoms with Gasteiger partial charge in [-0.2, -0.15) is 0 Å². The lowest BCUT2D eigenvalue weighted by atomic mass is 9.89. The van der Waals surface area contributed by atoms with Crippen molar-refractivity contribution < 1.29 is 14.3 Å². The van der Waals surface area contributed by atoms with Crippen LogP contribution in [0.1, 0.15) is 40.0 Å². The Kier molecular flexibility index (Phi) is 3.93. The highest BCUT2D eigenvalue weighted by molar-refractivity contribution is 9.09. The molecule has 1 amide bonds. The van der Waals surface area contributed by atoms with E-state index in [2.05, 4.69) is 15.9 Å². The van der Waals surface area contributed by atoms with Crippen LogP contribution in [0.15, 0.2) is 0 Å². The van der Waals surface area contributed by atoms with E-state index in [1.165, 1.54) is 0 Å². The van der Waals surface area contributed by atoms with Gasteiger partial charge in [0.25, 0.3) is 0 Å². The van der Waals surface area contributed by atoms with Gasteiger partial charge < -0.3 is 14.4 Å². The zero-order chi connectivity index (χ0) is 13.4. The molecule has 0 aromatic carbocycles. The molecule has 104 valence electrons. The Morgan fingerprint density at radius 2 is 2.00 bits per heavy atom. The van der Waals surface area contributed by atoms with Gasteiger partial charge in [0.15, 0.2) is 0 Å². The molecule has 2 aliphatic heterocycles. The fraction of sp³-hybridized carbons (Fsp3) is 0.923. The van der Waals surface area contributed by atoms with Crippen molar-refractivity contribution >= 4 is 22.0 Å². The predicted molar refractivity (Wildman–Crippen MR) is 73.1 cm³/mol. The van der Waals surface area contributed by atoms with E-state index in [1.54, 1.807) is 4.90 Å². The Morgan fingerprint density at radius 3 is 2.44 bits per heavy atom. The summed E-state index contributed by atoms with van der Waals surface area (Å²) in [6.45, 7) is 7.93. The molecule has 0 bridgehead atoms. The van der Waals surface area contributed by atoms with Crippen LogP contribution in [-0.2, 0) is 9.47 Å². The molecule has 4 nitrogen and oxygen atoms in total. The second kappa shape index (κ2) is 5.00. The van der Waals surface area contributed by atoms with Crippen LogP contribution in [0.5, 0.6) is 0 Å². The second-order valence-corrected chi connectivity index (χ2v) is 7.56. The molecule has 18 heavy (non-hydrogen) atoms. The fourth-order valence-electron chi connectivity index (χ4n) is 2.56. The van der Waals surface area contributed by atoms with Gasteiger partial charge in [-0.05, 0) is 40.0 Å². The topological polar surface area (TPSA) is 38.8 Å². The van der Waals surface area contributed by atoms with Gasteiger partial charge in [0.2, 0.25) is 0 Å². The Bertz CT molecular complexity index is 319. The summed E-state index contributed by atoms with van der Waals surface area (Å²) in [7, 11) is 0. The van der Waals surface area contributed by atoms with Crippen molar-refractivity contribution in [3.8, 4) is 0 Å². The SMILES string of the molecule is CC(C)(C)OC(=O)N1CCC2(CC1)CC(Br)CO2. The van der Waals surface area contributed by atoms with Gasteiger partial charge in [-0.3, -0.25) is 0 Å². The molecule has 0 aromatic heterocycles. The minimum Gasteiger partial charge on any atom is -0.444 e. The first-order chi connectivity index (χ1) is 8.30. The van der Waals surface area contributed by atoms with E-state index in [0.29, 0.717) is 4.83 Å². The van der Waals surface area contributed by atoms with Gasteiger partial charge in [-0.1, -0.05) is 15.9 Å². The highest BCUT2D eigenvalue weighted by atomic mass is 79.9. The van der Waals surface area contributed by atoms with Gasteiger partial charge in [0, 0.05) is 17.9 Å². The van der Waals surface area contributed by atoms with Crippen LogP contribution in [0, 0.1) is 0 Å². The standard InChI is InChI=1S/C13H22BrNO3/c1-12(2,3)18-11(16)15-6-4-13(5-7-15)8-10(14)9-17-13/h10H,4-9H2,1-3H3. The van der Waals surface area contributed by atoms with Gasteiger partial charge >= 0.3 is 6.09 Å². The number of carbonyl (C=O) groups is 1. The van der Waals surface area contributed by atoms with E-state index < -0.39 is 5.60 Å². The van der Waals surface area contributed by atoms with Crippen LogP contribution in [0.3, 0.4) is 0 Å². The van der Waals surface area contributed by atoms with E-state index in [-0.39, 0.29) is 11.7 Å². The summed E-state index contributed by atoms with van der Waals surface area (Å²) in [5.41, 5.74) is -0.427. The molecule has 0 aliphatic carbocycles. The van der Waals surface area contributed by atoms with Crippen molar-refractivity contribution in [2.45, 2.75) is 56.1 Å². The number of alkyl halides is 1. The van der Waals surface area contributed by atoms with Gasteiger partial charge in [0.1, 0.15) is 5.60 Å². The summed E-state index contributed by atoms with van der Waals surface area (Å²) in [6, 6.07) is 0. The van der Waals surface area contributed by atoms with Crippen molar-refractivity contribution in [3.63, 3.8) is 0 Å². The quantitative estimate of drug-likeness (QED) is 0.644. The number of halogens is 1. The first kappa shape index (κ1) is 14.1. The maximum Gasteiger partial charge on any atom is 0.410 e. The summed E-state index contributed by atoms with van der Waals surface area (Å²) >= 11 is 3.60. The second-order valence-electron chi connectivity index (χ2n) is 6.26. The number of likely N-dealkylation sites (tertiary alicyclic amines) is 1. The molecule has 0 saturated carbocycles. The molecule has 0 aromatic rings. The molecule has 2 aliphatic rings. The third kappa shape index (κ3) is 3.38. The minimum absolute atomic E-state index is 0.00726. The van der Waals surface area contributed by atoms with Crippen LogP contribution in [0.25, 0.3) is 0 Å². The molecule has 1 atom stereocenters. The number of carbonyl (C=O) groups excluding carboxylic acids is 1. The highest BCUT2D eigenvalue weighted by Gasteiger charge is 2.43. The monoisotopic (exact) mass is 319 g/mol. The average molecular weight is 320 g/mol. The molecular weight excluding hydrogens is 298 g/mol. The molecule has 2 fully saturated rings. The highest BCUT2D eigenvalue weighted by Crippen LogP contribution is 2.38. The van der Waals surface area contributed by atoms with Crippen molar-refractivity contribution in [2.75, 3.05) is 19.7 Å². The lowest BCUT2D eigenvalue weighted by Gasteiger charge is -2.38. The number of nitrogens with zero attached hydrogens (tertiary/aromatic N) is 1. The number of rotatable bonds is 0. The third-order valence-corrected chi connectivity index (χ3v) is 4.08. The van der Waals surface area contributed by atoms with Crippen LogP contribution in [0.4, 0.5) is 4.79 Å².